The van der Waals surface area contributed by atoms with Crippen LogP contribution in [0.3, 0.4) is 0 Å². The number of hydrogen-bond acceptors (Lipinski definition) is 4. The number of likely N-dealkylation sites (N-methyl/N-ethyl adjacent to an activating group) is 1. The summed E-state index contributed by atoms with van der Waals surface area (Å²) in [6.07, 6.45) is 3.15. The Morgan fingerprint density at radius 1 is 1.09 bits per heavy atom. The fourth-order valence-corrected chi connectivity index (χ4v) is 5.01. The van der Waals surface area contributed by atoms with Gasteiger partial charge in [-0.1, -0.05) is 19.1 Å². The monoisotopic (exact) mass is 486 g/mol. The van der Waals surface area contributed by atoms with Crippen LogP contribution in [0.15, 0.2) is 36.4 Å². The van der Waals surface area contributed by atoms with Crippen molar-refractivity contribution in [3.63, 3.8) is 0 Å². The number of carbonyl (C=O) groups is 2. The standard InChI is InChI=1S/C27H32F2N2O4/c1-3-26(32)30(2)23(15-20-6-7-21(28)16-22(20)29)19-10-12-31(13-11-19)27(33)9-5-18-4-8-24-25(14-18)35-17-34-24/h4,6-8,14,16,19,23H,3,5,9-13,15,17H2,1-2H3/t23-/m0/s1. The maximum Gasteiger partial charge on any atom is 0.231 e. The van der Waals surface area contributed by atoms with Gasteiger partial charge in [0.1, 0.15) is 11.6 Å². The fraction of sp³-hybridized carbons (Fsp3) is 0.481. The van der Waals surface area contributed by atoms with E-state index in [2.05, 4.69) is 0 Å². The van der Waals surface area contributed by atoms with Gasteiger partial charge < -0.3 is 19.3 Å². The molecule has 0 bridgehead atoms. The summed E-state index contributed by atoms with van der Waals surface area (Å²) in [6.45, 7) is 3.22. The van der Waals surface area contributed by atoms with Gasteiger partial charge in [0.05, 0.1) is 0 Å². The van der Waals surface area contributed by atoms with E-state index in [0.29, 0.717) is 50.1 Å². The highest BCUT2D eigenvalue weighted by atomic mass is 19.1. The number of piperidine rings is 1. The normalized spacial score (nSPS) is 16.3. The van der Waals surface area contributed by atoms with E-state index >= 15 is 0 Å². The average Bonchev–Trinajstić information content (AvgIpc) is 3.34. The molecule has 35 heavy (non-hydrogen) atoms. The molecule has 1 saturated heterocycles. The lowest BCUT2D eigenvalue weighted by molar-refractivity contribution is -0.136. The minimum Gasteiger partial charge on any atom is -0.454 e. The zero-order valence-electron chi connectivity index (χ0n) is 20.3. The number of aryl methyl sites for hydroxylation is 1. The molecule has 2 aromatic carbocycles. The van der Waals surface area contributed by atoms with E-state index in [1.54, 1.807) is 18.9 Å². The zero-order chi connectivity index (χ0) is 24.9. The number of ether oxygens (including phenoxy) is 2. The van der Waals surface area contributed by atoms with Crippen molar-refractivity contribution in [2.45, 2.75) is 51.5 Å². The lowest BCUT2D eigenvalue weighted by Gasteiger charge is -2.40. The van der Waals surface area contributed by atoms with Crippen molar-refractivity contribution >= 4 is 11.8 Å². The molecule has 0 saturated carbocycles. The molecule has 0 spiro atoms. The topological polar surface area (TPSA) is 59.1 Å². The van der Waals surface area contributed by atoms with Crippen molar-refractivity contribution in [3.05, 3.63) is 59.2 Å². The maximum atomic E-state index is 14.4. The number of halogens is 2. The summed E-state index contributed by atoms with van der Waals surface area (Å²) < 4.78 is 38.5. The van der Waals surface area contributed by atoms with Gasteiger partial charge in [0.15, 0.2) is 11.5 Å². The number of nitrogens with zero attached hydrogens (tertiary/aromatic N) is 2. The summed E-state index contributed by atoms with van der Waals surface area (Å²) in [5.74, 6) is 0.434. The van der Waals surface area contributed by atoms with E-state index in [0.717, 1.165) is 30.2 Å². The highest BCUT2D eigenvalue weighted by Gasteiger charge is 2.33. The summed E-state index contributed by atoms with van der Waals surface area (Å²) in [6, 6.07) is 9.11. The second-order valence-electron chi connectivity index (χ2n) is 9.27. The van der Waals surface area contributed by atoms with Gasteiger partial charge in [-0.15, -0.1) is 0 Å². The van der Waals surface area contributed by atoms with Crippen LogP contribution in [0.1, 0.15) is 43.7 Å². The maximum absolute atomic E-state index is 14.4. The molecule has 0 aliphatic carbocycles. The molecule has 0 aromatic heterocycles. The van der Waals surface area contributed by atoms with Crippen LogP contribution in [0.25, 0.3) is 0 Å². The molecule has 0 unspecified atom stereocenters. The van der Waals surface area contributed by atoms with Gasteiger partial charge >= 0.3 is 0 Å². The van der Waals surface area contributed by atoms with Gasteiger partial charge in [0, 0.05) is 45.1 Å². The third kappa shape index (κ3) is 5.92. The third-order valence-electron chi connectivity index (χ3n) is 7.14. The van der Waals surface area contributed by atoms with Gasteiger partial charge in [0.25, 0.3) is 0 Å². The molecule has 6 nitrogen and oxygen atoms in total. The Morgan fingerprint density at radius 2 is 1.83 bits per heavy atom. The Balaban J connectivity index is 1.35. The van der Waals surface area contributed by atoms with Crippen LogP contribution in [-0.2, 0) is 22.4 Å². The van der Waals surface area contributed by atoms with Crippen LogP contribution in [0.4, 0.5) is 8.78 Å². The van der Waals surface area contributed by atoms with Gasteiger partial charge in [-0.05, 0) is 60.9 Å². The Bertz CT molecular complexity index is 1070. The van der Waals surface area contributed by atoms with Crippen molar-refractivity contribution in [2.24, 2.45) is 5.92 Å². The van der Waals surface area contributed by atoms with Gasteiger partial charge in [-0.3, -0.25) is 9.59 Å². The first-order chi connectivity index (χ1) is 16.9. The summed E-state index contributed by atoms with van der Waals surface area (Å²) in [4.78, 5) is 28.9. The minimum absolute atomic E-state index is 0.0141. The number of hydrogen-bond donors (Lipinski definition) is 0. The van der Waals surface area contributed by atoms with Crippen molar-refractivity contribution < 1.29 is 27.8 Å². The van der Waals surface area contributed by atoms with E-state index in [1.165, 1.54) is 12.1 Å². The summed E-state index contributed by atoms with van der Waals surface area (Å²) >= 11 is 0. The Hall–Kier alpha value is -3.16. The predicted molar refractivity (Wildman–Crippen MR) is 127 cm³/mol. The predicted octanol–water partition coefficient (Wildman–Crippen LogP) is 4.34. The first-order valence-electron chi connectivity index (χ1n) is 12.2. The Labute approximate surface area is 204 Å². The molecule has 188 valence electrons. The highest BCUT2D eigenvalue weighted by Crippen LogP contribution is 2.33. The van der Waals surface area contributed by atoms with Crippen LogP contribution in [0, 0.1) is 17.6 Å². The lowest BCUT2D eigenvalue weighted by Crippen LogP contribution is -2.48. The fourth-order valence-electron chi connectivity index (χ4n) is 5.01. The number of likely N-dealkylation sites (tertiary alicyclic amines) is 1. The van der Waals surface area contributed by atoms with Crippen molar-refractivity contribution in [3.8, 4) is 11.5 Å². The number of amides is 2. The second kappa shape index (κ2) is 11.1. The molecule has 0 N–H and O–H groups in total. The molecule has 4 rings (SSSR count). The lowest BCUT2D eigenvalue weighted by atomic mass is 9.84. The van der Waals surface area contributed by atoms with Gasteiger partial charge in [-0.2, -0.15) is 0 Å². The second-order valence-corrected chi connectivity index (χ2v) is 9.27. The molecular formula is C27H32F2N2O4. The highest BCUT2D eigenvalue weighted by molar-refractivity contribution is 5.77. The smallest absolute Gasteiger partial charge is 0.231 e. The first-order valence-corrected chi connectivity index (χ1v) is 12.2. The van der Waals surface area contributed by atoms with Crippen LogP contribution < -0.4 is 9.47 Å². The van der Waals surface area contributed by atoms with Crippen molar-refractivity contribution in [1.29, 1.82) is 0 Å². The summed E-state index contributed by atoms with van der Waals surface area (Å²) in [5, 5.41) is 0. The quantitative estimate of drug-likeness (QED) is 0.557. The summed E-state index contributed by atoms with van der Waals surface area (Å²) in [5.41, 5.74) is 1.42. The number of rotatable bonds is 8. The molecule has 2 aliphatic rings. The minimum atomic E-state index is -0.617. The number of benzene rings is 2. The van der Waals surface area contributed by atoms with Crippen LogP contribution >= 0.6 is 0 Å². The first kappa shape index (κ1) is 24.9. The molecule has 1 atom stereocenters. The number of fused-ring (bicyclic) bond motifs is 1. The van der Waals surface area contributed by atoms with E-state index in [9.17, 15) is 18.4 Å². The SMILES string of the molecule is CCC(=O)N(C)[C@@H](Cc1ccc(F)cc1F)C1CCN(C(=O)CCc2ccc3c(c2)OCO3)CC1. The van der Waals surface area contributed by atoms with Crippen LogP contribution in [0.5, 0.6) is 11.5 Å². The Morgan fingerprint density at radius 3 is 2.54 bits per heavy atom. The van der Waals surface area contributed by atoms with Crippen molar-refractivity contribution in [1.82, 2.24) is 9.80 Å². The van der Waals surface area contributed by atoms with Gasteiger partial charge in [-0.25, -0.2) is 8.78 Å². The molecule has 2 aliphatic heterocycles. The number of carbonyl (C=O) groups excluding carboxylic acids is 2. The Kier molecular flexibility index (Phi) is 7.88. The summed E-state index contributed by atoms with van der Waals surface area (Å²) in [7, 11) is 1.75. The van der Waals surface area contributed by atoms with E-state index in [4.69, 9.17) is 9.47 Å². The van der Waals surface area contributed by atoms with Crippen molar-refractivity contribution in [2.75, 3.05) is 26.9 Å². The van der Waals surface area contributed by atoms with Gasteiger partial charge in [0.2, 0.25) is 18.6 Å². The van der Waals surface area contributed by atoms with Crippen LogP contribution in [-0.4, -0.2) is 54.6 Å². The van der Waals surface area contributed by atoms with E-state index in [-0.39, 0.29) is 30.6 Å². The van der Waals surface area contributed by atoms with E-state index in [1.807, 2.05) is 23.1 Å². The third-order valence-corrected chi connectivity index (χ3v) is 7.14. The molecule has 2 heterocycles. The molecule has 2 aromatic rings. The van der Waals surface area contributed by atoms with Crippen LogP contribution in [0.2, 0.25) is 0 Å². The average molecular weight is 487 g/mol. The molecule has 2 amide bonds. The molecule has 1 fully saturated rings. The largest absolute Gasteiger partial charge is 0.454 e. The molecular weight excluding hydrogens is 454 g/mol. The van der Waals surface area contributed by atoms with E-state index < -0.39 is 11.6 Å². The zero-order valence-corrected chi connectivity index (χ0v) is 20.3. The molecule has 8 heteroatoms. The molecule has 0 radical (unpaired) electrons.